The van der Waals surface area contributed by atoms with Gasteiger partial charge in [0.15, 0.2) is 11.5 Å². The van der Waals surface area contributed by atoms with Gasteiger partial charge in [0.1, 0.15) is 5.82 Å². The van der Waals surface area contributed by atoms with E-state index in [0.717, 1.165) is 39.7 Å². The van der Waals surface area contributed by atoms with Crippen LogP contribution in [-0.2, 0) is 0 Å². The zero-order valence-electron chi connectivity index (χ0n) is 14.1. The van der Waals surface area contributed by atoms with Crippen LogP contribution in [0.2, 0.25) is 5.02 Å². The van der Waals surface area contributed by atoms with E-state index in [1.807, 2.05) is 30.3 Å². The normalized spacial score (nSPS) is 17.8. The molecule has 1 unspecified atom stereocenters. The number of allylic oxidation sites excluding steroid dienone is 1. The lowest BCUT2D eigenvalue weighted by molar-refractivity contribution is 0.174. The molecule has 5 nitrogen and oxygen atoms in total. The second-order valence-corrected chi connectivity index (χ2v) is 6.83. The fourth-order valence-electron chi connectivity index (χ4n) is 3.69. The molecule has 3 heterocycles. The summed E-state index contributed by atoms with van der Waals surface area (Å²) in [6.45, 7) is 2.35. The highest BCUT2D eigenvalue weighted by molar-refractivity contribution is 6.30. The number of aromatic amines is 1. The van der Waals surface area contributed by atoms with Gasteiger partial charge in [-0.2, -0.15) is 5.10 Å². The van der Waals surface area contributed by atoms with Gasteiger partial charge < -0.3 is 14.4 Å². The minimum absolute atomic E-state index is 0.0522. The number of anilines is 1. The molecule has 2 aromatic carbocycles. The van der Waals surface area contributed by atoms with Crippen LogP contribution in [0.25, 0.3) is 6.08 Å². The van der Waals surface area contributed by atoms with Crippen LogP contribution in [0, 0.1) is 0 Å². The molecule has 1 atom stereocenters. The van der Waals surface area contributed by atoms with Crippen molar-refractivity contribution in [3.05, 3.63) is 76.1 Å². The molecule has 0 amide bonds. The number of hydrogen-bond donors (Lipinski definition) is 1. The molecule has 1 aromatic heterocycles. The molecule has 0 spiro atoms. The lowest BCUT2D eigenvalue weighted by Gasteiger charge is -2.38. The smallest absolute Gasteiger partial charge is 0.231 e. The zero-order chi connectivity index (χ0) is 17.7. The number of ether oxygens (including phenoxy) is 2. The summed E-state index contributed by atoms with van der Waals surface area (Å²) in [4.78, 5) is 2.23. The number of benzene rings is 2. The fourth-order valence-corrected chi connectivity index (χ4v) is 3.89. The summed E-state index contributed by atoms with van der Waals surface area (Å²) < 4.78 is 11.2. The quantitative estimate of drug-likeness (QED) is 0.711. The molecule has 1 N–H and O–H groups in total. The lowest BCUT2D eigenvalue weighted by atomic mass is 9.88. The second kappa shape index (κ2) is 5.81. The Morgan fingerprint density at radius 3 is 2.77 bits per heavy atom. The molecule has 0 aliphatic carbocycles. The van der Waals surface area contributed by atoms with Crippen LogP contribution >= 0.6 is 11.6 Å². The predicted octanol–water partition coefficient (Wildman–Crippen LogP) is 4.76. The van der Waals surface area contributed by atoms with Crippen molar-refractivity contribution in [1.82, 2.24) is 10.2 Å². The molecule has 2 aliphatic heterocycles. The third kappa shape index (κ3) is 2.35. The molecule has 130 valence electrons. The maximum atomic E-state index is 6.30. The molecule has 3 aromatic rings. The van der Waals surface area contributed by atoms with E-state index in [1.54, 1.807) is 6.20 Å². The molecule has 0 saturated carbocycles. The van der Waals surface area contributed by atoms with E-state index < -0.39 is 0 Å². The van der Waals surface area contributed by atoms with Gasteiger partial charge in [0.2, 0.25) is 6.79 Å². The van der Waals surface area contributed by atoms with Gasteiger partial charge in [-0.15, -0.1) is 0 Å². The first kappa shape index (κ1) is 15.3. The molecule has 0 radical (unpaired) electrons. The second-order valence-electron chi connectivity index (χ2n) is 6.39. The van der Waals surface area contributed by atoms with Crippen molar-refractivity contribution in [2.45, 2.75) is 13.0 Å². The van der Waals surface area contributed by atoms with E-state index in [0.29, 0.717) is 5.02 Å². The van der Waals surface area contributed by atoms with Gasteiger partial charge in [-0.3, -0.25) is 5.10 Å². The molecular weight excluding hydrogens is 350 g/mol. The molecule has 0 bridgehead atoms. The average molecular weight is 366 g/mol. The lowest BCUT2D eigenvalue weighted by Crippen LogP contribution is -2.31. The molecule has 0 saturated heterocycles. The Hall–Kier alpha value is -2.92. The summed E-state index contributed by atoms with van der Waals surface area (Å²) in [6.07, 6.45) is 3.91. The van der Waals surface area contributed by atoms with Crippen molar-refractivity contribution < 1.29 is 9.47 Å². The highest BCUT2D eigenvalue weighted by Gasteiger charge is 2.32. The number of nitrogens with one attached hydrogen (secondary N) is 1. The maximum Gasteiger partial charge on any atom is 0.231 e. The summed E-state index contributed by atoms with van der Waals surface area (Å²) in [6, 6.07) is 14.0. The fraction of sp³-hybridized carbons (Fsp3) is 0.150. The van der Waals surface area contributed by atoms with Crippen LogP contribution in [0.3, 0.4) is 0 Å². The van der Waals surface area contributed by atoms with Gasteiger partial charge in [0, 0.05) is 16.8 Å². The molecule has 5 rings (SSSR count). The summed E-state index contributed by atoms with van der Waals surface area (Å²) >= 11 is 6.30. The van der Waals surface area contributed by atoms with Gasteiger partial charge in [-0.05, 0) is 54.0 Å². The SMILES string of the molecule is CC1=Cc2cc3c(cc2C(c2cccc(Cl)c2)N1c1ccn[nH]1)OCO3. The van der Waals surface area contributed by atoms with Crippen LogP contribution in [0.15, 0.2) is 54.4 Å². The van der Waals surface area contributed by atoms with E-state index in [4.69, 9.17) is 21.1 Å². The largest absolute Gasteiger partial charge is 0.454 e. The number of aromatic nitrogens is 2. The zero-order valence-corrected chi connectivity index (χ0v) is 14.8. The number of fused-ring (bicyclic) bond motifs is 2. The van der Waals surface area contributed by atoms with Gasteiger partial charge in [0.05, 0.1) is 12.2 Å². The Morgan fingerprint density at radius 1 is 1.15 bits per heavy atom. The van der Waals surface area contributed by atoms with Crippen LogP contribution in [0.1, 0.15) is 29.7 Å². The summed E-state index contributed by atoms with van der Waals surface area (Å²) in [5.41, 5.74) is 4.45. The van der Waals surface area contributed by atoms with Crippen molar-refractivity contribution >= 4 is 23.5 Å². The summed E-state index contributed by atoms with van der Waals surface area (Å²) in [5, 5.41) is 7.92. The Kier molecular flexibility index (Phi) is 3.43. The number of hydrogen-bond acceptors (Lipinski definition) is 4. The maximum absolute atomic E-state index is 6.30. The molecule has 0 fully saturated rings. The van der Waals surface area contributed by atoms with Crippen molar-refractivity contribution in [1.29, 1.82) is 0 Å². The Morgan fingerprint density at radius 2 is 2.00 bits per heavy atom. The Bertz CT molecular complexity index is 1010. The average Bonchev–Trinajstić information content (AvgIpc) is 3.30. The van der Waals surface area contributed by atoms with Gasteiger partial charge >= 0.3 is 0 Å². The minimum Gasteiger partial charge on any atom is -0.454 e. The first-order valence-corrected chi connectivity index (χ1v) is 8.74. The number of halogens is 1. The van der Waals surface area contributed by atoms with E-state index in [2.05, 4.69) is 40.2 Å². The van der Waals surface area contributed by atoms with E-state index in [1.165, 1.54) is 0 Å². The standard InChI is InChI=1S/C20H16ClN3O2/c1-12-7-14-9-17-18(26-11-25-17)10-16(14)20(13-3-2-4-15(21)8-13)24(12)19-5-6-22-23-19/h2-10,20H,11H2,1H3,(H,22,23). The Labute approximate surface area is 155 Å². The number of nitrogens with zero attached hydrogens (tertiary/aromatic N) is 2. The monoisotopic (exact) mass is 365 g/mol. The summed E-state index contributed by atoms with van der Waals surface area (Å²) in [7, 11) is 0. The topological polar surface area (TPSA) is 50.4 Å². The third-order valence-corrected chi connectivity index (χ3v) is 5.02. The van der Waals surface area contributed by atoms with E-state index >= 15 is 0 Å². The van der Waals surface area contributed by atoms with Gasteiger partial charge in [-0.1, -0.05) is 23.7 Å². The van der Waals surface area contributed by atoms with Crippen LogP contribution in [-0.4, -0.2) is 17.0 Å². The summed E-state index contributed by atoms with van der Waals surface area (Å²) in [5.74, 6) is 2.48. The molecule has 6 heteroatoms. The first-order chi connectivity index (χ1) is 12.7. The highest BCUT2D eigenvalue weighted by Crippen LogP contribution is 2.46. The number of H-pyrrole nitrogens is 1. The first-order valence-electron chi connectivity index (χ1n) is 8.36. The number of rotatable bonds is 2. The van der Waals surface area contributed by atoms with Crippen molar-refractivity contribution in [2.75, 3.05) is 11.7 Å². The van der Waals surface area contributed by atoms with Gasteiger partial charge in [0.25, 0.3) is 0 Å². The van der Waals surface area contributed by atoms with Crippen molar-refractivity contribution in [2.24, 2.45) is 0 Å². The predicted molar refractivity (Wildman–Crippen MR) is 101 cm³/mol. The molecule has 2 aliphatic rings. The minimum atomic E-state index is -0.0522. The van der Waals surface area contributed by atoms with Crippen LogP contribution in [0.5, 0.6) is 11.5 Å². The molecular formula is C20H16ClN3O2. The van der Waals surface area contributed by atoms with Crippen molar-refractivity contribution in [3.8, 4) is 11.5 Å². The van der Waals surface area contributed by atoms with Crippen LogP contribution in [0.4, 0.5) is 5.82 Å². The van der Waals surface area contributed by atoms with Crippen molar-refractivity contribution in [3.63, 3.8) is 0 Å². The molecule has 26 heavy (non-hydrogen) atoms. The third-order valence-electron chi connectivity index (χ3n) is 4.79. The highest BCUT2D eigenvalue weighted by atomic mass is 35.5. The van der Waals surface area contributed by atoms with Crippen LogP contribution < -0.4 is 14.4 Å². The van der Waals surface area contributed by atoms with E-state index in [9.17, 15) is 0 Å². The van der Waals surface area contributed by atoms with E-state index in [-0.39, 0.29) is 12.8 Å². The Balaban J connectivity index is 1.75. The van der Waals surface area contributed by atoms with Gasteiger partial charge in [-0.25, -0.2) is 0 Å².